The lowest BCUT2D eigenvalue weighted by Gasteiger charge is -2.25. The topological polar surface area (TPSA) is 44.5 Å². The third kappa shape index (κ3) is 2.25. The Bertz CT molecular complexity index is 89.6. The minimum Gasteiger partial charge on any atom is -0.382 e. The molecule has 10 heavy (non-hydrogen) atoms. The minimum absolute atomic E-state index is 0.244. The molecular weight excluding hydrogens is 130 g/mol. The zero-order valence-corrected chi connectivity index (χ0v) is 6.38. The van der Waals surface area contributed by atoms with Crippen molar-refractivity contribution in [1.29, 1.82) is 0 Å². The molecular formula is C7H15NO2. The molecule has 2 atom stereocenters. The van der Waals surface area contributed by atoms with Gasteiger partial charge in [-0.05, 0) is 12.8 Å². The molecule has 3 nitrogen and oxygen atoms in total. The van der Waals surface area contributed by atoms with Crippen LogP contribution in [0.25, 0.3) is 0 Å². The van der Waals surface area contributed by atoms with Crippen LogP contribution >= 0.6 is 0 Å². The van der Waals surface area contributed by atoms with Crippen LogP contribution in [0.15, 0.2) is 0 Å². The van der Waals surface area contributed by atoms with Gasteiger partial charge >= 0.3 is 0 Å². The molecule has 0 amide bonds. The number of rotatable bonds is 2. The van der Waals surface area contributed by atoms with Gasteiger partial charge in [0.2, 0.25) is 0 Å². The molecule has 3 heteroatoms. The van der Waals surface area contributed by atoms with E-state index in [4.69, 9.17) is 15.2 Å². The Morgan fingerprint density at radius 1 is 1.60 bits per heavy atom. The van der Waals surface area contributed by atoms with Gasteiger partial charge in [-0.2, -0.15) is 0 Å². The Balaban J connectivity index is 2.13. The van der Waals surface area contributed by atoms with Crippen molar-refractivity contribution in [3.8, 4) is 0 Å². The lowest BCUT2D eigenvalue weighted by Crippen LogP contribution is -2.37. The van der Waals surface area contributed by atoms with Gasteiger partial charge in [0.25, 0.3) is 0 Å². The molecule has 0 saturated carbocycles. The normalized spacial score (nSPS) is 34.2. The molecule has 1 aliphatic heterocycles. The summed E-state index contributed by atoms with van der Waals surface area (Å²) in [5, 5.41) is 0. The standard InChI is InChI=1S/C7H15NO2/c1-9-5-7-3-2-6(8)4-10-7/h6-7H,2-5,8H2,1H3/t6?,7-/m0/s1. The van der Waals surface area contributed by atoms with Crippen molar-refractivity contribution in [3.05, 3.63) is 0 Å². The molecule has 0 aromatic rings. The largest absolute Gasteiger partial charge is 0.382 e. The molecule has 0 spiro atoms. The Kier molecular flexibility index (Phi) is 3.12. The number of nitrogens with two attached hydrogens (primary N) is 1. The first-order chi connectivity index (χ1) is 4.83. The Morgan fingerprint density at radius 2 is 2.40 bits per heavy atom. The second kappa shape index (κ2) is 3.91. The van der Waals surface area contributed by atoms with Gasteiger partial charge in [0.05, 0.1) is 19.3 Å². The SMILES string of the molecule is COC[C@@H]1CCC(N)CO1. The molecule has 1 aliphatic rings. The summed E-state index contributed by atoms with van der Waals surface area (Å²) in [6.45, 7) is 1.39. The van der Waals surface area contributed by atoms with E-state index in [2.05, 4.69) is 0 Å². The zero-order chi connectivity index (χ0) is 7.40. The average molecular weight is 145 g/mol. The van der Waals surface area contributed by atoms with E-state index in [0.29, 0.717) is 13.2 Å². The third-order valence-electron chi connectivity index (χ3n) is 1.76. The van der Waals surface area contributed by atoms with E-state index in [9.17, 15) is 0 Å². The fourth-order valence-corrected chi connectivity index (χ4v) is 1.14. The van der Waals surface area contributed by atoms with E-state index < -0.39 is 0 Å². The maximum absolute atomic E-state index is 5.63. The molecule has 2 N–H and O–H groups in total. The second-order valence-electron chi connectivity index (χ2n) is 2.75. The van der Waals surface area contributed by atoms with Crippen molar-refractivity contribution in [2.75, 3.05) is 20.3 Å². The van der Waals surface area contributed by atoms with E-state index in [1.807, 2.05) is 0 Å². The van der Waals surface area contributed by atoms with Crippen LogP contribution in [0.4, 0.5) is 0 Å². The van der Waals surface area contributed by atoms with E-state index in [1.54, 1.807) is 7.11 Å². The van der Waals surface area contributed by atoms with E-state index >= 15 is 0 Å². The van der Waals surface area contributed by atoms with Gasteiger partial charge in [0.1, 0.15) is 0 Å². The van der Waals surface area contributed by atoms with Crippen molar-refractivity contribution in [2.45, 2.75) is 25.0 Å². The van der Waals surface area contributed by atoms with Crippen LogP contribution in [-0.4, -0.2) is 32.5 Å². The maximum atomic E-state index is 5.63. The molecule has 1 rings (SSSR count). The number of methoxy groups -OCH3 is 1. The van der Waals surface area contributed by atoms with Crippen LogP contribution in [0, 0.1) is 0 Å². The highest BCUT2D eigenvalue weighted by molar-refractivity contribution is 4.71. The van der Waals surface area contributed by atoms with Gasteiger partial charge in [-0.25, -0.2) is 0 Å². The van der Waals surface area contributed by atoms with Gasteiger partial charge < -0.3 is 15.2 Å². The molecule has 0 aromatic heterocycles. The first-order valence-corrected chi connectivity index (χ1v) is 3.69. The molecule has 1 unspecified atom stereocenters. The molecule has 1 fully saturated rings. The molecule has 0 bridgehead atoms. The van der Waals surface area contributed by atoms with Crippen LogP contribution in [0.3, 0.4) is 0 Å². The van der Waals surface area contributed by atoms with Crippen molar-refractivity contribution in [1.82, 2.24) is 0 Å². The van der Waals surface area contributed by atoms with Crippen molar-refractivity contribution in [2.24, 2.45) is 5.73 Å². The molecule has 0 aromatic carbocycles. The summed E-state index contributed by atoms with van der Waals surface area (Å²) in [6.07, 6.45) is 2.38. The average Bonchev–Trinajstić information content (AvgIpc) is 1.95. The fourth-order valence-electron chi connectivity index (χ4n) is 1.14. The molecule has 1 heterocycles. The van der Waals surface area contributed by atoms with Crippen molar-refractivity contribution < 1.29 is 9.47 Å². The highest BCUT2D eigenvalue weighted by Crippen LogP contribution is 2.11. The lowest BCUT2D eigenvalue weighted by atomic mass is 10.1. The summed E-state index contributed by atoms with van der Waals surface area (Å²) in [6, 6.07) is 0.244. The molecule has 0 aliphatic carbocycles. The van der Waals surface area contributed by atoms with Gasteiger partial charge in [-0.15, -0.1) is 0 Å². The summed E-state index contributed by atoms with van der Waals surface area (Å²) in [5.41, 5.74) is 5.63. The number of hydrogen-bond acceptors (Lipinski definition) is 3. The Morgan fingerprint density at radius 3 is 2.90 bits per heavy atom. The second-order valence-corrected chi connectivity index (χ2v) is 2.75. The highest BCUT2D eigenvalue weighted by Gasteiger charge is 2.17. The molecule has 0 radical (unpaired) electrons. The predicted octanol–water partition coefficient (Wildman–Crippen LogP) is 0.139. The smallest absolute Gasteiger partial charge is 0.0809 e. The summed E-state index contributed by atoms with van der Waals surface area (Å²) >= 11 is 0. The minimum atomic E-state index is 0.244. The quantitative estimate of drug-likeness (QED) is 0.601. The van der Waals surface area contributed by atoms with E-state index in [-0.39, 0.29) is 12.1 Å². The molecule has 60 valence electrons. The van der Waals surface area contributed by atoms with Gasteiger partial charge in [0, 0.05) is 13.2 Å². The molecule has 1 saturated heterocycles. The van der Waals surface area contributed by atoms with Crippen LogP contribution in [0.2, 0.25) is 0 Å². The van der Waals surface area contributed by atoms with Crippen LogP contribution in [0.5, 0.6) is 0 Å². The zero-order valence-electron chi connectivity index (χ0n) is 6.38. The summed E-state index contributed by atoms with van der Waals surface area (Å²) in [5.74, 6) is 0. The Labute approximate surface area is 61.5 Å². The van der Waals surface area contributed by atoms with Crippen LogP contribution in [0.1, 0.15) is 12.8 Å². The van der Waals surface area contributed by atoms with Crippen LogP contribution < -0.4 is 5.73 Å². The first-order valence-electron chi connectivity index (χ1n) is 3.69. The maximum Gasteiger partial charge on any atom is 0.0809 e. The summed E-state index contributed by atoms with van der Waals surface area (Å²) < 4.78 is 10.3. The first kappa shape index (κ1) is 7.98. The van der Waals surface area contributed by atoms with Gasteiger partial charge in [-0.3, -0.25) is 0 Å². The summed E-state index contributed by atoms with van der Waals surface area (Å²) in [7, 11) is 1.69. The van der Waals surface area contributed by atoms with E-state index in [0.717, 1.165) is 12.8 Å². The van der Waals surface area contributed by atoms with Crippen molar-refractivity contribution in [3.63, 3.8) is 0 Å². The summed E-state index contributed by atoms with van der Waals surface area (Å²) in [4.78, 5) is 0. The number of ether oxygens (including phenoxy) is 2. The van der Waals surface area contributed by atoms with Gasteiger partial charge in [-0.1, -0.05) is 0 Å². The van der Waals surface area contributed by atoms with Crippen molar-refractivity contribution >= 4 is 0 Å². The predicted molar refractivity (Wildman–Crippen MR) is 38.8 cm³/mol. The Hall–Kier alpha value is -0.120. The van der Waals surface area contributed by atoms with E-state index in [1.165, 1.54) is 0 Å². The fraction of sp³-hybridized carbons (Fsp3) is 1.00. The monoisotopic (exact) mass is 145 g/mol. The van der Waals surface area contributed by atoms with Gasteiger partial charge in [0.15, 0.2) is 0 Å². The number of hydrogen-bond donors (Lipinski definition) is 1. The van der Waals surface area contributed by atoms with Crippen LogP contribution in [-0.2, 0) is 9.47 Å². The third-order valence-corrected chi connectivity index (χ3v) is 1.76. The highest BCUT2D eigenvalue weighted by atomic mass is 16.5. The lowest BCUT2D eigenvalue weighted by molar-refractivity contribution is -0.0363.